The van der Waals surface area contributed by atoms with E-state index in [1.54, 1.807) is 11.0 Å². The van der Waals surface area contributed by atoms with Gasteiger partial charge in [0, 0.05) is 50.2 Å². The number of hydrogen-bond acceptors (Lipinski definition) is 6. The number of amides is 3. The van der Waals surface area contributed by atoms with Crippen LogP contribution in [0.5, 0.6) is 5.75 Å². The number of imidazole rings is 1. The van der Waals surface area contributed by atoms with Gasteiger partial charge in [0.15, 0.2) is 0 Å². The van der Waals surface area contributed by atoms with E-state index in [1.807, 2.05) is 55.4 Å². The number of anilines is 2. The van der Waals surface area contributed by atoms with Crippen molar-refractivity contribution in [3.63, 3.8) is 0 Å². The summed E-state index contributed by atoms with van der Waals surface area (Å²) in [5, 5.41) is 2.45. The van der Waals surface area contributed by atoms with Crippen LogP contribution in [0.15, 0.2) is 54.6 Å². The molecule has 0 bridgehead atoms. The number of urea groups is 1. The lowest BCUT2D eigenvalue weighted by Crippen LogP contribution is -2.50. The number of para-hydroxylation sites is 2. The number of aromatic nitrogens is 2. The zero-order chi connectivity index (χ0) is 36.3. The Morgan fingerprint density at radius 1 is 1.10 bits per heavy atom. The SMILES string of the molecule is CN(C)CCCOc1cccc2[nH]c(C(CC(=O)N3CCC(N4CCc5ccccc5NC4=O)CC3)Cc3ccc(N)c(Cl)c3C(F)(F)F)nc12. The molecule has 4 aromatic rings. The summed E-state index contributed by atoms with van der Waals surface area (Å²) in [4.78, 5) is 40.8. The fourth-order valence-corrected chi connectivity index (χ4v) is 7.33. The molecule has 1 unspecified atom stereocenters. The molecule has 3 heterocycles. The highest BCUT2D eigenvalue weighted by molar-refractivity contribution is 6.34. The van der Waals surface area contributed by atoms with Crippen molar-refractivity contribution in [3.05, 3.63) is 82.1 Å². The van der Waals surface area contributed by atoms with Crippen LogP contribution in [0, 0.1) is 0 Å². The molecule has 0 radical (unpaired) electrons. The number of aromatic amines is 1. The van der Waals surface area contributed by atoms with E-state index >= 15 is 0 Å². The minimum atomic E-state index is -4.76. The number of likely N-dealkylation sites (tertiary alicyclic amines) is 1. The van der Waals surface area contributed by atoms with Gasteiger partial charge in [0.2, 0.25) is 5.91 Å². The van der Waals surface area contributed by atoms with Crippen LogP contribution >= 0.6 is 11.6 Å². The number of halogens is 4. The molecule has 2 aliphatic heterocycles. The largest absolute Gasteiger partial charge is 0.491 e. The molecule has 14 heteroatoms. The maximum absolute atomic E-state index is 14.3. The molecule has 0 saturated carbocycles. The first-order chi connectivity index (χ1) is 24.4. The van der Waals surface area contributed by atoms with Gasteiger partial charge in [-0.25, -0.2) is 9.78 Å². The van der Waals surface area contributed by atoms with Crippen molar-refractivity contribution in [1.29, 1.82) is 0 Å². The first-order valence-electron chi connectivity index (χ1n) is 17.2. The number of nitrogen functional groups attached to an aromatic ring is 1. The quantitative estimate of drug-likeness (QED) is 0.114. The van der Waals surface area contributed by atoms with E-state index in [9.17, 15) is 22.8 Å². The van der Waals surface area contributed by atoms with Crippen molar-refractivity contribution in [2.45, 2.75) is 56.7 Å². The number of alkyl halides is 3. The van der Waals surface area contributed by atoms with E-state index in [0.717, 1.165) is 30.6 Å². The molecule has 1 atom stereocenters. The van der Waals surface area contributed by atoms with E-state index < -0.39 is 22.7 Å². The highest BCUT2D eigenvalue weighted by atomic mass is 35.5. The van der Waals surface area contributed by atoms with Gasteiger partial charge in [0.05, 0.1) is 28.4 Å². The summed E-state index contributed by atoms with van der Waals surface area (Å²) in [7, 11) is 3.96. The standard InChI is InChI=1S/C37H43ClF3N7O3/c1-46(2)16-6-20-51-30-10-5-9-29-34(30)45-35(43-29)25(21-24-11-12-27(42)33(38)32(24)37(39,40)41)22-31(49)47-17-14-26(15-18-47)48-19-13-23-7-3-4-8-28(23)44-36(48)50/h3-5,7-12,25-26H,6,13-22,42H2,1-2H3,(H,43,45)(H,44,50). The van der Waals surface area contributed by atoms with Crippen LogP contribution in [-0.4, -0.2) is 89.5 Å². The van der Waals surface area contributed by atoms with Crippen LogP contribution in [0.25, 0.3) is 11.0 Å². The summed E-state index contributed by atoms with van der Waals surface area (Å²) < 4.78 is 49.1. The second kappa shape index (κ2) is 15.4. The number of benzene rings is 3. The van der Waals surface area contributed by atoms with Crippen molar-refractivity contribution in [2.24, 2.45) is 0 Å². The Balaban J connectivity index is 1.21. The first kappa shape index (κ1) is 36.3. The highest BCUT2D eigenvalue weighted by Gasteiger charge is 2.38. The van der Waals surface area contributed by atoms with Gasteiger partial charge in [-0.3, -0.25) is 4.79 Å². The molecule has 272 valence electrons. The highest BCUT2D eigenvalue weighted by Crippen LogP contribution is 2.42. The molecule has 1 saturated heterocycles. The zero-order valence-corrected chi connectivity index (χ0v) is 29.5. The van der Waals surface area contributed by atoms with Gasteiger partial charge >= 0.3 is 12.2 Å². The molecule has 3 amide bonds. The summed E-state index contributed by atoms with van der Waals surface area (Å²) in [6.07, 6.45) is -2.32. The minimum Gasteiger partial charge on any atom is -0.491 e. The zero-order valence-electron chi connectivity index (χ0n) is 28.7. The Kier molecular flexibility index (Phi) is 11.0. The van der Waals surface area contributed by atoms with Gasteiger partial charge in [0.25, 0.3) is 0 Å². The van der Waals surface area contributed by atoms with Gasteiger partial charge < -0.3 is 35.5 Å². The van der Waals surface area contributed by atoms with Crippen LogP contribution in [-0.2, 0) is 23.8 Å². The van der Waals surface area contributed by atoms with Crippen molar-refractivity contribution in [1.82, 2.24) is 24.7 Å². The summed E-state index contributed by atoms with van der Waals surface area (Å²) in [5.41, 5.74) is 7.61. The van der Waals surface area contributed by atoms with E-state index in [2.05, 4.69) is 15.2 Å². The number of hydrogen-bond donors (Lipinski definition) is 3. The molecular formula is C37H43ClF3N7O3. The van der Waals surface area contributed by atoms with Crippen molar-refractivity contribution >= 4 is 45.9 Å². The predicted molar refractivity (Wildman–Crippen MR) is 192 cm³/mol. The number of H-pyrrole nitrogens is 1. The Labute approximate surface area is 300 Å². The first-order valence-corrected chi connectivity index (χ1v) is 17.6. The Hall–Kier alpha value is -4.49. The number of piperidine rings is 1. The minimum absolute atomic E-state index is 0.0445. The molecule has 3 aromatic carbocycles. The summed E-state index contributed by atoms with van der Waals surface area (Å²) >= 11 is 6.13. The number of ether oxygens (including phenoxy) is 1. The number of nitrogens with zero attached hydrogens (tertiary/aromatic N) is 4. The van der Waals surface area contributed by atoms with E-state index in [0.29, 0.717) is 61.7 Å². The molecule has 6 rings (SSSR count). The van der Waals surface area contributed by atoms with Crippen molar-refractivity contribution in [2.75, 3.05) is 57.9 Å². The van der Waals surface area contributed by atoms with Gasteiger partial charge in [0.1, 0.15) is 17.1 Å². The van der Waals surface area contributed by atoms with E-state index in [4.69, 9.17) is 27.1 Å². The van der Waals surface area contributed by atoms with Crippen LogP contribution in [0.4, 0.5) is 29.3 Å². The normalized spacial score (nSPS) is 16.3. The third-order valence-electron chi connectivity index (χ3n) is 9.72. The molecule has 0 spiro atoms. The molecule has 4 N–H and O–H groups in total. The monoisotopic (exact) mass is 725 g/mol. The lowest BCUT2D eigenvalue weighted by Gasteiger charge is -2.38. The van der Waals surface area contributed by atoms with E-state index in [-0.39, 0.29) is 42.1 Å². The smallest absolute Gasteiger partial charge is 0.418 e. The number of nitrogens with two attached hydrogens (primary N) is 1. The molecule has 1 fully saturated rings. The fourth-order valence-electron chi connectivity index (χ4n) is 7.04. The molecular weight excluding hydrogens is 683 g/mol. The van der Waals surface area contributed by atoms with Crippen molar-refractivity contribution < 1.29 is 27.5 Å². The summed E-state index contributed by atoms with van der Waals surface area (Å²) in [6, 6.07) is 15.7. The van der Waals surface area contributed by atoms with Gasteiger partial charge in [-0.1, -0.05) is 41.9 Å². The van der Waals surface area contributed by atoms with Crippen molar-refractivity contribution in [3.8, 4) is 5.75 Å². The number of rotatable bonds is 11. The number of carbonyl (C=O) groups excluding carboxylic acids is 2. The van der Waals surface area contributed by atoms with Crippen LogP contribution in [0.1, 0.15) is 54.1 Å². The second-order valence-corrected chi connectivity index (χ2v) is 13.9. The van der Waals surface area contributed by atoms with Gasteiger partial charge in [-0.2, -0.15) is 13.2 Å². The van der Waals surface area contributed by atoms with Gasteiger partial charge in [-0.15, -0.1) is 0 Å². The molecule has 1 aromatic heterocycles. The van der Waals surface area contributed by atoms with Crippen LogP contribution in [0.3, 0.4) is 0 Å². The average Bonchev–Trinajstić information content (AvgIpc) is 3.46. The van der Waals surface area contributed by atoms with Gasteiger partial charge in [-0.05, 0) is 81.6 Å². The third-order valence-corrected chi connectivity index (χ3v) is 10.1. The molecule has 10 nitrogen and oxygen atoms in total. The lowest BCUT2D eigenvalue weighted by molar-refractivity contribution is -0.138. The molecule has 2 aliphatic rings. The third kappa shape index (κ3) is 8.36. The summed E-state index contributed by atoms with van der Waals surface area (Å²) in [6.45, 7) is 2.71. The van der Waals surface area contributed by atoms with Crippen LogP contribution < -0.4 is 15.8 Å². The Morgan fingerprint density at radius 2 is 1.86 bits per heavy atom. The van der Waals surface area contributed by atoms with E-state index in [1.165, 1.54) is 12.1 Å². The molecule has 0 aliphatic carbocycles. The lowest BCUT2D eigenvalue weighted by atomic mass is 9.91. The second-order valence-electron chi connectivity index (χ2n) is 13.5. The number of fused-ring (bicyclic) bond motifs is 2. The number of nitrogens with one attached hydrogen (secondary N) is 2. The average molecular weight is 726 g/mol. The Bertz CT molecular complexity index is 1870. The maximum Gasteiger partial charge on any atom is 0.418 e. The summed E-state index contributed by atoms with van der Waals surface area (Å²) in [5.74, 6) is -0.0331. The predicted octanol–water partition coefficient (Wildman–Crippen LogP) is 6.95. The van der Waals surface area contributed by atoms with Crippen LogP contribution in [0.2, 0.25) is 5.02 Å². The molecule has 51 heavy (non-hydrogen) atoms. The Morgan fingerprint density at radius 3 is 2.61 bits per heavy atom. The fraction of sp³-hybridized carbons (Fsp3) is 0.432. The number of carbonyl (C=O) groups is 2. The topological polar surface area (TPSA) is 120 Å². The maximum atomic E-state index is 14.3.